The third kappa shape index (κ3) is 4.70. The monoisotopic (exact) mass is 365 g/mol. The van der Waals surface area contributed by atoms with E-state index in [4.69, 9.17) is 4.84 Å². The molecule has 0 amide bonds. The van der Waals surface area contributed by atoms with Crippen molar-refractivity contribution >= 4 is 0 Å². The van der Waals surface area contributed by atoms with Gasteiger partial charge < -0.3 is 28.8 Å². The smallest absolute Gasteiger partial charge is 0.154 e. The molecule has 4 nitrogen and oxygen atoms in total. The van der Waals surface area contributed by atoms with Crippen molar-refractivity contribution in [3.05, 3.63) is 48.3 Å². The Hall–Kier alpha value is -0.487. The average Bonchev–Trinajstić information content (AvgIpc) is 2.69. The van der Waals surface area contributed by atoms with Crippen LogP contribution in [0.2, 0.25) is 0 Å². The van der Waals surface area contributed by atoms with Gasteiger partial charge in [0.2, 0.25) is 0 Å². The molecule has 0 spiro atoms. The summed E-state index contributed by atoms with van der Waals surface area (Å²) in [6.07, 6.45) is 4.13. The van der Waals surface area contributed by atoms with Gasteiger partial charge in [-0.3, -0.25) is 0 Å². The summed E-state index contributed by atoms with van der Waals surface area (Å²) in [6, 6.07) is 9.85. The average molecular weight is 366 g/mol. The van der Waals surface area contributed by atoms with Gasteiger partial charge in [-0.25, -0.2) is 0 Å². The Morgan fingerprint density at radius 2 is 2.00 bits per heavy atom. The molecular formula is C9H8IN3OZn-. The van der Waals surface area contributed by atoms with Gasteiger partial charge in [-0.15, -0.1) is 5.10 Å². The molecule has 75 valence electrons. The van der Waals surface area contributed by atoms with Crippen LogP contribution in [-0.2, 0) is 26.1 Å². The molecule has 0 fully saturated rings. The number of nitrogens with zero attached hydrogens (tertiary/aromatic N) is 3. The molecule has 0 aliphatic rings. The molecule has 0 saturated heterocycles. The normalized spacial score (nSPS) is 8.53. The van der Waals surface area contributed by atoms with Crippen LogP contribution in [0, 0.1) is 6.20 Å². The maximum atomic E-state index is 5.22. The number of rotatable bonds is 3. The topological polar surface area (TPSA) is 39.9 Å². The second-order valence-corrected chi connectivity index (χ2v) is 2.50. The maximum absolute atomic E-state index is 5.22. The fraction of sp³-hybridized carbons (Fsp3) is 0.111. The molecular weight excluding hydrogens is 358 g/mol. The molecule has 1 aromatic heterocycles. The Kier molecular flexibility index (Phi) is 7.51. The summed E-state index contributed by atoms with van der Waals surface area (Å²) in [5, 5.41) is 7.19. The van der Waals surface area contributed by atoms with Crippen LogP contribution in [0.5, 0.6) is 0 Å². The largest absolute Gasteiger partial charge is 1.00 e. The minimum atomic E-state index is 0. The van der Waals surface area contributed by atoms with E-state index >= 15 is 0 Å². The Bertz CT molecular complexity index is 355. The van der Waals surface area contributed by atoms with E-state index in [0.29, 0.717) is 6.61 Å². The summed E-state index contributed by atoms with van der Waals surface area (Å²) < 4.78 is 0. The quantitative estimate of drug-likeness (QED) is 0.454. The number of hydrogen-bond acceptors (Lipinski definition) is 3. The Balaban J connectivity index is 0.000000980. The Morgan fingerprint density at radius 1 is 1.27 bits per heavy atom. The van der Waals surface area contributed by atoms with Crippen molar-refractivity contribution < 1.29 is 48.3 Å². The van der Waals surface area contributed by atoms with E-state index in [2.05, 4.69) is 16.5 Å². The summed E-state index contributed by atoms with van der Waals surface area (Å²) in [6.45, 7) is 0.473. The third-order valence-electron chi connectivity index (χ3n) is 1.56. The Morgan fingerprint density at radius 3 is 2.60 bits per heavy atom. The first-order chi connectivity index (χ1) is 6.45. The summed E-state index contributed by atoms with van der Waals surface area (Å²) in [5.41, 5.74) is 1.09. The van der Waals surface area contributed by atoms with Gasteiger partial charge >= 0.3 is 0 Å². The molecule has 6 heteroatoms. The number of aromatic nitrogens is 3. The maximum Gasteiger partial charge on any atom is 0.154 e. The molecule has 1 aromatic carbocycles. The van der Waals surface area contributed by atoms with Crippen LogP contribution in [0.25, 0.3) is 0 Å². The van der Waals surface area contributed by atoms with E-state index in [1.54, 1.807) is 0 Å². The van der Waals surface area contributed by atoms with Gasteiger partial charge in [0.05, 0.1) is 6.20 Å². The van der Waals surface area contributed by atoms with Crippen LogP contribution in [0.3, 0.4) is 0 Å². The molecule has 0 bridgehead atoms. The van der Waals surface area contributed by atoms with Crippen molar-refractivity contribution in [2.24, 2.45) is 0 Å². The van der Waals surface area contributed by atoms with Crippen molar-refractivity contribution in [3.8, 4) is 0 Å². The zero-order chi connectivity index (χ0) is 8.93. The SMILES string of the molecule is [I-].[Zn].[c]1cnnn1OCc1ccccc1. The van der Waals surface area contributed by atoms with Crippen LogP contribution in [0.4, 0.5) is 0 Å². The summed E-state index contributed by atoms with van der Waals surface area (Å²) in [5.74, 6) is 0. The van der Waals surface area contributed by atoms with Gasteiger partial charge in [0.1, 0.15) is 6.61 Å². The summed E-state index contributed by atoms with van der Waals surface area (Å²) in [4.78, 5) is 6.43. The van der Waals surface area contributed by atoms with Crippen LogP contribution in [0.1, 0.15) is 5.56 Å². The number of benzene rings is 1. The number of hydrogen-bond donors (Lipinski definition) is 0. The second-order valence-electron chi connectivity index (χ2n) is 2.50. The van der Waals surface area contributed by atoms with Crippen LogP contribution < -0.4 is 28.8 Å². The molecule has 0 saturated carbocycles. The summed E-state index contributed by atoms with van der Waals surface area (Å²) in [7, 11) is 0. The predicted octanol–water partition coefficient (Wildman–Crippen LogP) is -2.29. The molecule has 2 aromatic rings. The van der Waals surface area contributed by atoms with Gasteiger partial charge in [0, 0.05) is 19.5 Å². The second kappa shape index (κ2) is 7.76. The predicted molar refractivity (Wildman–Crippen MR) is 45.6 cm³/mol. The van der Waals surface area contributed by atoms with Crippen molar-refractivity contribution in [2.45, 2.75) is 6.61 Å². The third-order valence-corrected chi connectivity index (χ3v) is 1.56. The van der Waals surface area contributed by atoms with E-state index in [9.17, 15) is 0 Å². The summed E-state index contributed by atoms with van der Waals surface area (Å²) >= 11 is 0. The van der Waals surface area contributed by atoms with Crippen LogP contribution in [0.15, 0.2) is 36.5 Å². The van der Waals surface area contributed by atoms with Gasteiger partial charge in [-0.05, 0) is 10.8 Å². The first-order valence-corrected chi connectivity index (χ1v) is 3.91. The zero-order valence-electron chi connectivity index (χ0n) is 8.01. The number of halogens is 1. The van der Waals surface area contributed by atoms with Gasteiger partial charge in [0.15, 0.2) is 6.20 Å². The first-order valence-electron chi connectivity index (χ1n) is 3.91. The zero-order valence-corrected chi connectivity index (χ0v) is 13.1. The molecule has 15 heavy (non-hydrogen) atoms. The molecule has 1 radical (unpaired) electrons. The minimum Gasteiger partial charge on any atom is -1.00 e. The Labute approximate surface area is 118 Å². The van der Waals surface area contributed by atoms with Crippen molar-refractivity contribution in [2.75, 3.05) is 0 Å². The van der Waals surface area contributed by atoms with E-state index in [0.717, 1.165) is 5.56 Å². The first kappa shape index (κ1) is 14.5. The van der Waals surface area contributed by atoms with E-state index in [-0.39, 0.29) is 43.5 Å². The van der Waals surface area contributed by atoms with Gasteiger partial charge in [-0.1, -0.05) is 35.2 Å². The minimum absolute atomic E-state index is 0. The van der Waals surface area contributed by atoms with E-state index in [1.165, 1.54) is 11.0 Å². The standard InChI is InChI=1S/C9H8N3O.HI.Zn/c1-2-4-9(5-3-1)8-13-12-7-6-10-11-12;;/h1-6H,8H2;1H;/p-1. The van der Waals surface area contributed by atoms with Crippen LogP contribution >= 0.6 is 0 Å². The molecule has 0 aliphatic heterocycles. The fourth-order valence-corrected chi connectivity index (χ4v) is 0.947. The van der Waals surface area contributed by atoms with Crippen molar-refractivity contribution in [3.63, 3.8) is 0 Å². The molecule has 0 unspecified atom stereocenters. The van der Waals surface area contributed by atoms with Crippen LogP contribution in [-0.4, -0.2) is 15.2 Å². The van der Waals surface area contributed by atoms with Crippen molar-refractivity contribution in [1.82, 2.24) is 15.2 Å². The van der Waals surface area contributed by atoms with E-state index in [1.807, 2.05) is 30.3 Å². The van der Waals surface area contributed by atoms with Crippen molar-refractivity contribution in [1.29, 1.82) is 0 Å². The molecule has 0 atom stereocenters. The molecule has 0 aliphatic carbocycles. The van der Waals surface area contributed by atoms with Gasteiger partial charge in [-0.2, -0.15) is 0 Å². The molecule has 1 heterocycles. The molecule has 0 N–H and O–H groups in total. The fourth-order valence-electron chi connectivity index (χ4n) is 0.947. The van der Waals surface area contributed by atoms with Gasteiger partial charge in [0.25, 0.3) is 0 Å². The van der Waals surface area contributed by atoms with E-state index < -0.39 is 0 Å². The molecule has 2 rings (SSSR count).